The van der Waals surface area contributed by atoms with Gasteiger partial charge in [-0.25, -0.2) is 0 Å². The van der Waals surface area contributed by atoms with E-state index in [1.54, 1.807) is 7.11 Å². The molecule has 7 nitrogen and oxygen atoms in total. The lowest BCUT2D eigenvalue weighted by molar-refractivity contribution is -0.136. The third-order valence-corrected chi connectivity index (χ3v) is 6.58. The Hall–Kier alpha value is -0.610. The molecule has 2 fully saturated rings. The van der Waals surface area contributed by atoms with Crippen LogP contribution in [-0.2, 0) is 9.53 Å². The molecule has 2 aliphatic rings. The first-order chi connectivity index (χ1) is 14.1. The fourth-order valence-corrected chi connectivity index (χ4v) is 4.40. The summed E-state index contributed by atoms with van der Waals surface area (Å²) in [5.74, 6) is 2.13. The van der Waals surface area contributed by atoms with E-state index in [9.17, 15) is 4.79 Å². The summed E-state index contributed by atoms with van der Waals surface area (Å²) in [6.07, 6.45) is 6.31. The molecule has 0 atom stereocenters. The first kappa shape index (κ1) is 27.4. The minimum Gasteiger partial charge on any atom is -0.383 e. The fourth-order valence-electron chi connectivity index (χ4n) is 4.40. The third kappa shape index (κ3) is 8.86. The van der Waals surface area contributed by atoms with Gasteiger partial charge in [-0.05, 0) is 57.5 Å². The number of ether oxygens (including phenoxy) is 1. The highest BCUT2D eigenvalue weighted by Crippen LogP contribution is 2.18. The molecular formula is C22H44IN5O2. The maximum absolute atomic E-state index is 12.6. The number of likely N-dealkylation sites (tertiary alicyclic amines) is 2. The van der Waals surface area contributed by atoms with Gasteiger partial charge in [-0.1, -0.05) is 13.8 Å². The molecule has 0 aromatic heterocycles. The van der Waals surface area contributed by atoms with E-state index < -0.39 is 0 Å². The maximum atomic E-state index is 12.6. The second-order valence-corrected chi connectivity index (χ2v) is 8.49. The van der Waals surface area contributed by atoms with Gasteiger partial charge in [-0.3, -0.25) is 9.79 Å². The van der Waals surface area contributed by atoms with Crippen molar-refractivity contribution in [2.45, 2.75) is 58.4 Å². The van der Waals surface area contributed by atoms with E-state index in [2.05, 4.69) is 39.3 Å². The molecule has 2 N–H and O–H groups in total. The van der Waals surface area contributed by atoms with Crippen molar-refractivity contribution >= 4 is 35.8 Å². The van der Waals surface area contributed by atoms with E-state index in [1.807, 2.05) is 7.05 Å². The third-order valence-electron chi connectivity index (χ3n) is 6.58. The highest BCUT2D eigenvalue weighted by atomic mass is 127. The summed E-state index contributed by atoms with van der Waals surface area (Å²) in [7, 11) is 3.61. The van der Waals surface area contributed by atoms with E-state index >= 15 is 0 Å². The first-order valence-electron chi connectivity index (χ1n) is 11.6. The molecule has 0 radical (unpaired) electrons. The lowest BCUT2D eigenvalue weighted by Crippen LogP contribution is -2.51. The molecule has 0 unspecified atom stereocenters. The summed E-state index contributed by atoms with van der Waals surface area (Å²) in [4.78, 5) is 21.5. The Labute approximate surface area is 200 Å². The van der Waals surface area contributed by atoms with Gasteiger partial charge in [0, 0.05) is 52.3 Å². The summed E-state index contributed by atoms with van der Waals surface area (Å²) in [5.41, 5.74) is 0. The molecule has 0 bridgehead atoms. The number of hydrogen-bond acceptors (Lipinski definition) is 4. The number of guanidine groups is 1. The SMILES string of the molecule is CCC(CC)C(=O)N1CCC(NC(=NC)NCC2CCN(CCOC)CC2)CC1.I. The van der Waals surface area contributed by atoms with Gasteiger partial charge in [0.05, 0.1) is 6.61 Å². The number of rotatable bonds is 9. The van der Waals surface area contributed by atoms with E-state index in [-0.39, 0.29) is 29.9 Å². The molecule has 0 aromatic carbocycles. The van der Waals surface area contributed by atoms with Gasteiger partial charge in [0.2, 0.25) is 5.91 Å². The van der Waals surface area contributed by atoms with Gasteiger partial charge in [0.1, 0.15) is 0 Å². The number of piperidine rings is 2. The number of amides is 1. The Kier molecular flexibility index (Phi) is 13.9. The number of methoxy groups -OCH3 is 1. The molecule has 0 spiro atoms. The number of nitrogens with one attached hydrogen (secondary N) is 2. The summed E-state index contributed by atoms with van der Waals surface area (Å²) >= 11 is 0. The van der Waals surface area contributed by atoms with Crippen LogP contribution in [0.5, 0.6) is 0 Å². The zero-order valence-electron chi connectivity index (χ0n) is 19.5. The quantitative estimate of drug-likeness (QED) is 0.269. The second-order valence-electron chi connectivity index (χ2n) is 8.49. The summed E-state index contributed by atoms with van der Waals surface area (Å²) in [5, 5.41) is 7.10. The highest BCUT2D eigenvalue weighted by Gasteiger charge is 2.27. The van der Waals surface area contributed by atoms with Crippen LogP contribution in [0, 0.1) is 11.8 Å². The molecule has 2 aliphatic heterocycles. The van der Waals surface area contributed by atoms with E-state index in [0.717, 1.165) is 77.5 Å². The molecule has 2 rings (SSSR count). The number of halogens is 1. The van der Waals surface area contributed by atoms with Gasteiger partial charge in [-0.2, -0.15) is 0 Å². The number of nitrogens with zero attached hydrogens (tertiary/aromatic N) is 3. The molecule has 0 aromatic rings. The maximum Gasteiger partial charge on any atom is 0.225 e. The van der Waals surface area contributed by atoms with Crippen LogP contribution in [0.4, 0.5) is 0 Å². The van der Waals surface area contributed by atoms with Crippen molar-refractivity contribution < 1.29 is 9.53 Å². The minimum atomic E-state index is 0. The fraction of sp³-hybridized carbons (Fsp3) is 0.909. The highest BCUT2D eigenvalue weighted by molar-refractivity contribution is 14.0. The van der Waals surface area contributed by atoms with Crippen molar-refractivity contribution in [3.63, 3.8) is 0 Å². The smallest absolute Gasteiger partial charge is 0.225 e. The van der Waals surface area contributed by atoms with Gasteiger partial charge >= 0.3 is 0 Å². The zero-order valence-corrected chi connectivity index (χ0v) is 21.8. The molecule has 0 saturated carbocycles. The summed E-state index contributed by atoms with van der Waals surface area (Å²) in [6.45, 7) is 11.1. The van der Waals surface area contributed by atoms with Gasteiger partial charge in [-0.15, -0.1) is 24.0 Å². The Morgan fingerprint density at radius 2 is 1.73 bits per heavy atom. The topological polar surface area (TPSA) is 69.2 Å². The van der Waals surface area contributed by atoms with Crippen molar-refractivity contribution in [1.82, 2.24) is 20.4 Å². The molecule has 2 saturated heterocycles. The predicted octanol–water partition coefficient (Wildman–Crippen LogP) is 2.56. The number of aliphatic imine (C=N–C) groups is 1. The van der Waals surface area contributed by atoms with Crippen molar-refractivity contribution in [2.75, 3.05) is 60.0 Å². The Morgan fingerprint density at radius 3 is 2.27 bits per heavy atom. The number of hydrogen-bond donors (Lipinski definition) is 2. The predicted molar refractivity (Wildman–Crippen MR) is 135 cm³/mol. The van der Waals surface area contributed by atoms with Crippen LogP contribution >= 0.6 is 24.0 Å². The van der Waals surface area contributed by atoms with Gasteiger partial charge < -0.3 is 25.2 Å². The normalized spacial score (nSPS) is 19.6. The number of carbonyl (C=O) groups excluding carboxylic acids is 1. The average molecular weight is 538 g/mol. The average Bonchev–Trinajstić information content (AvgIpc) is 2.77. The lowest BCUT2D eigenvalue weighted by atomic mass is 9.97. The Balaban J connectivity index is 0.00000450. The molecule has 2 heterocycles. The summed E-state index contributed by atoms with van der Waals surface area (Å²) < 4.78 is 5.18. The Morgan fingerprint density at radius 1 is 1.10 bits per heavy atom. The van der Waals surface area contributed by atoms with Crippen LogP contribution in [0.1, 0.15) is 52.4 Å². The van der Waals surface area contributed by atoms with Crippen LogP contribution in [-0.4, -0.2) is 87.7 Å². The minimum absolute atomic E-state index is 0. The molecule has 30 heavy (non-hydrogen) atoms. The first-order valence-corrected chi connectivity index (χ1v) is 11.6. The van der Waals surface area contributed by atoms with Crippen LogP contribution in [0.3, 0.4) is 0 Å². The monoisotopic (exact) mass is 537 g/mol. The van der Waals surface area contributed by atoms with Crippen molar-refractivity contribution in [1.29, 1.82) is 0 Å². The number of carbonyl (C=O) groups is 1. The molecule has 0 aliphatic carbocycles. The zero-order chi connectivity index (χ0) is 21.1. The van der Waals surface area contributed by atoms with Gasteiger partial charge in [0.15, 0.2) is 5.96 Å². The van der Waals surface area contributed by atoms with Crippen LogP contribution in [0.2, 0.25) is 0 Å². The Bertz CT molecular complexity index is 500. The van der Waals surface area contributed by atoms with E-state index in [0.29, 0.717) is 17.9 Å². The van der Waals surface area contributed by atoms with Crippen LogP contribution in [0.15, 0.2) is 4.99 Å². The van der Waals surface area contributed by atoms with E-state index in [4.69, 9.17) is 4.74 Å². The lowest BCUT2D eigenvalue weighted by Gasteiger charge is -2.35. The largest absolute Gasteiger partial charge is 0.383 e. The van der Waals surface area contributed by atoms with Crippen molar-refractivity contribution in [3.05, 3.63) is 0 Å². The van der Waals surface area contributed by atoms with Crippen molar-refractivity contribution in [2.24, 2.45) is 16.8 Å². The second kappa shape index (κ2) is 15.2. The molecule has 176 valence electrons. The summed E-state index contributed by atoms with van der Waals surface area (Å²) in [6, 6.07) is 0.392. The standard InChI is InChI=1S/C22H43N5O2.HI/c1-5-19(6-2)21(28)27-13-9-20(10-14-27)25-22(23-3)24-17-18-7-11-26(12-8-18)15-16-29-4;/h18-20H,5-17H2,1-4H3,(H2,23,24,25);1H. The van der Waals surface area contributed by atoms with Gasteiger partial charge in [0.25, 0.3) is 0 Å². The van der Waals surface area contributed by atoms with Crippen molar-refractivity contribution in [3.8, 4) is 0 Å². The van der Waals surface area contributed by atoms with Crippen LogP contribution < -0.4 is 10.6 Å². The van der Waals surface area contributed by atoms with Crippen LogP contribution in [0.25, 0.3) is 0 Å². The molecule has 1 amide bonds. The van der Waals surface area contributed by atoms with E-state index in [1.165, 1.54) is 12.8 Å². The molecular weight excluding hydrogens is 493 g/mol. The molecule has 8 heteroatoms.